The van der Waals surface area contributed by atoms with Gasteiger partial charge < -0.3 is 5.11 Å². The lowest BCUT2D eigenvalue weighted by Crippen LogP contribution is -2.15. The lowest BCUT2D eigenvalue weighted by Gasteiger charge is -2.10. The van der Waals surface area contributed by atoms with Gasteiger partial charge in [-0.05, 0) is 59.0 Å². The Bertz CT molecular complexity index is 741. The van der Waals surface area contributed by atoms with Crippen LogP contribution in [0.5, 0.6) is 0 Å². The van der Waals surface area contributed by atoms with Crippen LogP contribution in [0.4, 0.5) is 5.69 Å². The van der Waals surface area contributed by atoms with E-state index >= 15 is 0 Å². The van der Waals surface area contributed by atoms with Gasteiger partial charge in [0.15, 0.2) is 0 Å². The first-order valence-corrected chi connectivity index (χ1v) is 8.07. The zero-order valence-electron chi connectivity index (χ0n) is 10.1. The molecule has 0 saturated carbocycles. The van der Waals surface area contributed by atoms with E-state index in [1.807, 2.05) is 0 Å². The summed E-state index contributed by atoms with van der Waals surface area (Å²) >= 11 is 2.07. The summed E-state index contributed by atoms with van der Waals surface area (Å²) in [6.07, 6.45) is 0. The van der Waals surface area contributed by atoms with Crippen molar-refractivity contribution >= 4 is 44.3 Å². The van der Waals surface area contributed by atoms with Crippen molar-refractivity contribution in [2.45, 2.75) is 4.90 Å². The molecule has 2 aromatic carbocycles. The van der Waals surface area contributed by atoms with Crippen LogP contribution in [-0.4, -0.2) is 19.5 Å². The normalized spacial score (nSPS) is 11.1. The Labute approximate surface area is 129 Å². The second kappa shape index (κ2) is 5.80. The van der Waals surface area contributed by atoms with Crippen molar-refractivity contribution in [2.24, 2.45) is 0 Å². The van der Waals surface area contributed by atoms with Crippen LogP contribution < -0.4 is 4.72 Å². The Morgan fingerprint density at radius 3 is 2.25 bits per heavy atom. The van der Waals surface area contributed by atoms with Crippen LogP contribution in [0.3, 0.4) is 0 Å². The van der Waals surface area contributed by atoms with E-state index in [0.29, 0.717) is 0 Å². The summed E-state index contributed by atoms with van der Waals surface area (Å²) in [5.74, 6) is -1.19. The minimum Gasteiger partial charge on any atom is -0.478 e. The fraction of sp³-hybridized carbons (Fsp3) is 0. The number of halogens is 1. The summed E-state index contributed by atoms with van der Waals surface area (Å²) in [4.78, 5) is 11.1. The fourth-order valence-electron chi connectivity index (χ4n) is 1.58. The molecule has 0 aliphatic rings. The zero-order chi connectivity index (χ0) is 14.8. The number of anilines is 1. The number of carboxylic acids is 1. The summed E-state index contributed by atoms with van der Waals surface area (Å²) in [6.45, 7) is 0. The van der Waals surface area contributed by atoms with Gasteiger partial charge in [-0.1, -0.05) is 12.1 Å². The first-order valence-electron chi connectivity index (χ1n) is 5.51. The first-order chi connectivity index (χ1) is 9.40. The topological polar surface area (TPSA) is 83.5 Å². The van der Waals surface area contributed by atoms with Gasteiger partial charge in [-0.15, -0.1) is 0 Å². The van der Waals surface area contributed by atoms with E-state index in [4.69, 9.17) is 5.11 Å². The molecule has 2 aromatic rings. The molecule has 0 fully saturated rings. The standard InChI is InChI=1S/C13H10INO4S/c14-9-5-7-10(8-6-9)20(18,19)15-12-4-2-1-3-11(12)13(16)17/h1-8,15H,(H,16,17). The maximum Gasteiger partial charge on any atom is 0.337 e. The third-order valence-electron chi connectivity index (χ3n) is 2.53. The molecule has 2 N–H and O–H groups in total. The Kier molecular flexibility index (Phi) is 4.29. The number of benzene rings is 2. The van der Waals surface area contributed by atoms with Crippen LogP contribution in [0.2, 0.25) is 0 Å². The largest absolute Gasteiger partial charge is 0.478 e. The smallest absolute Gasteiger partial charge is 0.337 e. The molecule has 2 rings (SSSR count). The van der Waals surface area contributed by atoms with Crippen molar-refractivity contribution in [3.05, 3.63) is 57.7 Å². The molecule has 7 heteroatoms. The van der Waals surface area contributed by atoms with Gasteiger partial charge in [0, 0.05) is 3.57 Å². The van der Waals surface area contributed by atoms with Gasteiger partial charge in [0.2, 0.25) is 0 Å². The summed E-state index contributed by atoms with van der Waals surface area (Å²) in [5, 5.41) is 9.03. The molecule has 0 saturated heterocycles. The Hall–Kier alpha value is -1.61. The molecular weight excluding hydrogens is 393 g/mol. The van der Waals surface area contributed by atoms with Crippen molar-refractivity contribution in [3.63, 3.8) is 0 Å². The number of para-hydroxylation sites is 1. The number of sulfonamides is 1. The van der Waals surface area contributed by atoms with E-state index < -0.39 is 16.0 Å². The molecule has 0 unspecified atom stereocenters. The van der Waals surface area contributed by atoms with Gasteiger partial charge in [0.05, 0.1) is 16.1 Å². The average Bonchev–Trinajstić information content (AvgIpc) is 2.39. The second-order valence-corrected chi connectivity index (χ2v) is 6.84. The zero-order valence-corrected chi connectivity index (χ0v) is 13.1. The van der Waals surface area contributed by atoms with Crippen molar-refractivity contribution in [1.29, 1.82) is 0 Å². The van der Waals surface area contributed by atoms with Crippen LogP contribution >= 0.6 is 22.6 Å². The Morgan fingerprint density at radius 1 is 1.05 bits per heavy atom. The highest BCUT2D eigenvalue weighted by molar-refractivity contribution is 14.1. The monoisotopic (exact) mass is 403 g/mol. The van der Waals surface area contributed by atoms with Gasteiger partial charge in [-0.3, -0.25) is 4.72 Å². The van der Waals surface area contributed by atoms with Crippen molar-refractivity contribution < 1.29 is 18.3 Å². The van der Waals surface area contributed by atoms with Crippen LogP contribution in [0, 0.1) is 3.57 Å². The molecule has 5 nitrogen and oxygen atoms in total. The summed E-state index contributed by atoms with van der Waals surface area (Å²) < 4.78 is 27.6. The lowest BCUT2D eigenvalue weighted by molar-refractivity contribution is 0.0698. The minimum atomic E-state index is -3.80. The summed E-state index contributed by atoms with van der Waals surface area (Å²) in [5.41, 5.74) is -0.0554. The second-order valence-electron chi connectivity index (χ2n) is 3.91. The molecule has 104 valence electrons. The molecule has 0 aromatic heterocycles. The molecule has 0 spiro atoms. The lowest BCUT2D eigenvalue weighted by atomic mass is 10.2. The predicted molar refractivity (Wildman–Crippen MR) is 83.4 cm³/mol. The number of aromatic carboxylic acids is 1. The number of nitrogens with one attached hydrogen (secondary N) is 1. The van der Waals surface area contributed by atoms with E-state index in [2.05, 4.69) is 27.3 Å². The van der Waals surface area contributed by atoms with E-state index in [1.54, 1.807) is 18.2 Å². The summed E-state index contributed by atoms with van der Waals surface area (Å²) in [7, 11) is -3.80. The quantitative estimate of drug-likeness (QED) is 0.770. The number of hydrogen-bond acceptors (Lipinski definition) is 3. The predicted octanol–water partition coefficient (Wildman–Crippen LogP) is 2.79. The molecule has 0 aliphatic carbocycles. The minimum absolute atomic E-state index is 0.0403. The van der Waals surface area contributed by atoms with Gasteiger partial charge in [-0.2, -0.15) is 0 Å². The van der Waals surface area contributed by atoms with Crippen LogP contribution in [-0.2, 0) is 10.0 Å². The van der Waals surface area contributed by atoms with Crippen LogP contribution in [0.1, 0.15) is 10.4 Å². The van der Waals surface area contributed by atoms with Crippen molar-refractivity contribution in [3.8, 4) is 0 Å². The molecule has 0 radical (unpaired) electrons. The van der Waals surface area contributed by atoms with E-state index in [0.717, 1.165) is 3.57 Å². The maximum absolute atomic E-state index is 12.2. The number of carboxylic acid groups (broad SMARTS) is 1. The average molecular weight is 403 g/mol. The highest BCUT2D eigenvalue weighted by Crippen LogP contribution is 2.20. The number of hydrogen-bond donors (Lipinski definition) is 2. The fourth-order valence-corrected chi connectivity index (χ4v) is 3.02. The maximum atomic E-state index is 12.2. The third kappa shape index (κ3) is 3.28. The molecule has 0 atom stereocenters. The molecular formula is C13H10INO4S. The SMILES string of the molecule is O=C(O)c1ccccc1NS(=O)(=O)c1ccc(I)cc1. The van der Waals surface area contributed by atoms with Crippen molar-refractivity contribution in [2.75, 3.05) is 4.72 Å². The van der Waals surface area contributed by atoms with Crippen LogP contribution in [0.15, 0.2) is 53.4 Å². The van der Waals surface area contributed by atoms with E-state index in [1.165, 1.54) is 30.3 Å². The Balaban J connectivity index is 2.38. The number of carbonyl (C=O) groups is 1. The van der Waals surface area contributed by atoms with Gasteiger partial charge in [0.1, 0.15) is 0 Å². The van der Waals surface area contributed by atoms with Gasteiger partial charge >= 0.3 is 5.97 Å². The van der Waals surface area contributed by atoms with Gasteiger partial charge in [0.25, 0.3) is 10.0 Å². The van der Waals surface area contributed by atoms with E-state index in [-0.39, 0.29) is 16.1 Å². The summed E-state index contributed by atoms with van der Waals surface area (Å²) in [6, 6.07) is 12.1. The van der Waals surface area contributed by atoms with Gasteiger partial charge in [-0.25, -0.2) is 13.2 Å². The molecule has 0 heterocycles. The van der Waals surface area contributed by atoms with Crippen LogP contribution in [0.25, 0.3) is 0 Å². The molecule has 0 amide bonds. The van der Waals surface area contributed by atoms with E-state index in [9.17, 15) is 13.2 Å². The Morgan fingerprint density at radius 2 is 1.65 bits per heavy atom. The first kappa shape index (κ1) is 14.8. The number of rotatable bonds is 4. The molecule has 0 aliphatic heterocycles. The highest BCUT2D eigenvalue weighted by Gasteiger charge is 2.17. The van der Waals surface area contributed by atoms with Crippen molar-refractivity contribution in [1.82, 2.24) is 0 Å². The highest BCUT2D eigenvalue weighted by atomic mass is 127. The third-order valence-corrected chi connectivity index (χ3v) is 4.63. The molecule has 20 heavy (non-hydrogen) atoms. The molecule has 0 bridgehead atoms.